The molecule has 0 aliphatic carbocycles. The number of benzene rings is 1. The largest absolute Gasteiger partial charge is 0.497 e. The molecule has 6 nitrogen and oxygen atoms in total. The quantitative estimate of drug-likeness (QED) is 0.906. The molecule has 2 heterocycles. The summed E-state index contributed by atoms with van der Waals surface area (Å²) in [7, 11) is 1.63. The van der Waals surface area contributed by atoms with Crippen LogP contribution in [0.3, 0.4) is 0 Å². The highest BCUT2D eigenvalue weighted by Crippen LogP contribution is 2.21. The number of nitrogens with one attached hydrogen (secondary N) is 1. The second-order valence-corrected chi connectivity index (χ2v) is 6.44. The van der Waals surface area contributed by atoms with Gasteiger partial charge >= 0.3 is 6.03 Å². The number of imidazole rings is 1. The zero-order valence-electron chi connectivity index (χ0n) is 14.9. The maximum absolute atomic E-state index is 12.4. The van der Waals surface area contributed by atoms with Crippen molar-refractivity contribution < 1.29 is 9.53 Å². The van der Waals surface area contributed by atoms with E-state index in [1.807, 2.05) is 35.4 Å². The van der Waals surface area contributed by atoms with Crippen LogP contribution in [0.2, 0.25) is 0 Å². The number of carbonyl (C=O) groups excluding carboxylic acids is 1. The maximum Gasteiger partial charge on any atom is 0.321 e. The number of ether oxygens (including phenoxy) is 1. The fraction of sp³-hybridized carbons (Fsp3) is 0.474. The molecule has 0 radical (unpaired) electrons. The lowest BCUT2D eigenvalue weighted by Gasteiger charge is -2.32. The summed E-state index contributed by atoms with van der Waals surface area (Å²) in [6.07, 6.45) is 6.93. The van der Waals surface area contributed by atoms with Gasteiger partial charge in [-0.15, -0.1) is 0 Å². The van der Waals surface area contributed by atoms with Gasteiger partial charge in [0.2, 0.25) is 0 Å². The lowest BCUT2D eigenvalue weighted by Crippen LogP contribution is -2.41. The molecule has 6 heteroatoms. The Morgan fingerprint density at radius 2 is 2.00 bits per heavy atom. The number of likely N-dealkylation sites (tertiary alicyclic amines) is 1. The van der Waals surface area contributed by atoms with E-state index in [1.165, 1.54) is 0 Å². The van der Waals surface area contributed by atoms with Crippen LogP contribution in [0.5, 0.6) is 5.75 Å². The fourth-order valence-corrected chi connectivity index (χ4v) is 3.29. The number of methoxy groups -OCH3 is 1. The second-order valence-electron chi connectivity index (χ2n) is 6.44. The minimum atomic E-state index is -0.0273. The maximum atomic E-state index is 12.4. The van der Waals surface area contributed by atoms with Crippen LogP contribution in [0.4, 0.5) is 10.5 Å². The van der Waals surface area contributed by atoms with Crippen molar-refractivity contribution in [3.8, 4) is 5.75 Å². The van der Waals surface area contributed by atoms with Gasteiger partial charge in [-0.1, -0.05) is 6.92 Å². The lowest BCUT2D eigenvalue weighted by molar-refractivity contribution is 0.176. The zero-order chi connectivity index (χ0) is 17.6. The average Bonchev–Trinajstić information content (AvgIpc) is 3.10. The summed E-state index contributed by atoms with van der Waals surface area (Å²) < 4.78 is 7.38. The van der Waals surface area contributed by atoms with Crippen LogP contribution in [0.15, 0.2) is 36.7 Å². The molecule has 1 aliphatic rings. The van der Waals surface area contributed by atoms with Crippen molar-refractivity contribution in [1.29, 1.82) is 0 Å². The van der Waals surface area contributed by atoms with E-state index < -0.39 is 0 Å². The van der Waals surface area contributed by atoms with Gasteiger partial charge in [-0.25, -0.2) is 9.78 Å². The van der Waals surface area contributed by atoms with Crippen LogP contribution in [0.1, 0.15) is 25.6 Å². The number of anilines is 1. The van der Waals surface area contributed by atoms with E-state index in [0.717, 1.165) is 56.2 Å². The summed E-state index contributed by atoms with van der Waals surface area (Å²) in [5.41, 5.74) is 0.791. The Kier molecular flexibility index (Phi) is 5.58. The lowest BCUT2D eigenvalue weighted by atomic mass is 9.97. The summed E-state index contributed by atoms with van der Waals surface area (Å²) >= 11 is 0. The molecule has 1 aromatic carbocycles. The molecule has 3 rings (SSSR count). The average molecular weight is 342 g/mol. The number of hydrogen-bond acceptors (Lipinski definition) is 3. The molecule has 1 aromatic heterocycles. The Bertz CT molecular complexity index is 688. The topological polar surface area (TPSA) is 59.4 Å². The third kappa shape index (κ3) is 4.32. The second kappa shape index (κ2) is 8.05. The number of urea groups is 1. The van der Waals surface area contributed by atoms with E-state index in [0.29, 0.717) is 5.92 Å². The van der Waals surface area contributed by atoms with Gasteiger partial charge in [-0.05, 0) is 43.0 Å². The molecular formula is C19H26N4O2. The van der Waals surface area contributed by atoms with Crippen LogP contribution >= 0.6 is 0 Å². The Balaban J connectivity index is 1.48. The van der Waals surface area contributed by atoms with E-state index >= 15 is 0 Å². The summed E-state index contributed by atoms with van der Waals surface area (Å²) in [6, 6.07) is 7.38. The van der Waals surface area contributed by atoms with Crippen LogP contribution in [-0.4, -0.2) is 40.7 Å². The van der Waals surface area contributed by atoms with Crippen molar-refractivity contribution >= 4 is 11.7 Å². The van der Waals surface area contributed by atoms with Gasteiger partial charge in [-0.2, -0.15) is 0 Å². The fourth-order valence-electron chi connectivity index (χ4n) is 3.29. The summed E-state index contributed by atoms with van der Waals surface area (Å²) in [6.45, 7) is 4.72. The first-order valence-electron chi connectivity index (χ1n) is 8.89. The molecule has 1 fully saturated rings. The molecule has 2 aromatic rings. The molecule has 0 bridgehead atoms. The summed E-state index contributed by atoms with van der Waals surface area (Å²) in [5.74, 6) is 2.52. The minimum Gasteiger partial charge on any atom is -0.497 e. The van der Waals surface area contributed by atoms with Crippen molar-refractivity contribution in [2.24, 2.45) is 5.92 Å². The molecule has 1 saturated heterocycles. The van der Waals surface area contributed by atoms with E-state index in [1.54, 1.807) is 7.11 Å². The Morgan fingerprint density at radius 3 is 2.64 bits per heavy atom. The number of aryl methyl sites for hydroxylation is 1. The highest BCUT2D eigenvalue weighted by molar-refractivity contribution is 5.89. The number of amides is 2. The molecule has 0 saturated carbocycles. The molecule has 0 atom stereocenters. The number of aromatic nitrogens is 2. The first-order chi connectivity index (χ1) is 12.2. The highest BCUT2D eigenvalue weighted by atomic mass is 16.5. The Hall–Kier alpha value is -2.50. The smallest absolute Gasteiger partial charge is 0.321 e. The molecule has 25 heavy (non-hydrogen) atoms. The van der Waals surface area contributed by atoms with Crippen molar-refractivity contribution in [2.45, 2.75) is 32.7 Å². The summed E-state index contributed by atoms with van der Waals surface area (Å²) in [4.78, 5) is 18.7. The van der Waals surface area contributed by atoms with Gasteiger partial charge in [0.05, 0.1) is 7.11 Å². The minimum absolute atomic E-state index is 0.0273. The number of nitrogens with zero attached hydrogens (tertiary/aromatic N) is 3. The normalized spacial score (nSPS) is 15.2. The van der Waals surface area contributed by atoms with Crippen LogP contribution < -0.4 is 10.1 Å². The standard InChI is InChI=1S/C19H26N4O2/c1-3-18-20-10-13-23(18)14-15-8-11-22(12-9-15)19(24)21-16-4-6-17(25-2)7-5-16/h4-7,10,13,15H,3,8-9,11-12,14H2,1-2H3,(H,21,24). The number of rotatable bonds is 5. The SMILES string of the molecule is CCc1nccn1CC1CCN(C(=O)Nc2ccc(OC)cc2)CC1. The van der Waals surface area contributed by atoms with Crippen LogP contribution in [0, 0.1) is 5.92 Å². The van der Waals surface area contributed by atoms with Crippen molar-refractivity contribution in [3.05, 3.63) is 42.5 Å². The van der Waals surface area contributed by atoms with Gasteiger partial charge in [0.1, 0.15) is 11.6 Å². The predicted octanol–water partition coefficient (Wildman–Crippen LogP) is 3.40. The van der Waals surface area contributed by atoms with Crippen LogP contribution in [-0.2, 0) is 13.0 Å². The molecule has 1 N–H and O–H groups in total. The predicted molar refractivity (Wildman–Crippen MR) is 97.9 cm³/mol. The highest BCUT2D eigenvalue weighted by Gasteiger charge is 2.23. The van der Waals surface area contributed by atoms with Crippen molar-refractivity contribution in [3.63, 3.8) is 0 Å². The molecule has 1 aliphatic heterocycles. The number of carbonyl (C=O) groups is 1. The van der Waals surface area contributed by atoms with Crippen molar-refractivity contribution in [1.82, 2.24) is 14.5 Å². The van der Waals surface area contributed by atoms with Gasteiger partial charge in [0.25, 0.3) is 0 Å². The first kappa shape index (κ1) is 17.3. The molecule has 0 unspecified atom stereocenters. The van der Waals surface area contributed by atoms with Gasteiger partial charge in [0, 0.05) is 44.1 Å². The Morgan fingerprint density at radius 1 is 1.28 bits per heavy atom. The Labute approximate surface area is 148 Å². The van der Waals surface area contributed by atoms with E-state index in [-0.39, 0.29) is 6.03 Å². The third-order valence-electron chi connectivity index (χ3n) is 4.82. The van der Waals surface area contributed by atoms with E-state index in [9.17, 15) is 4.79 Å². The van der Waals surface area contributed by atoms with Crippen molar-refractivity contribution in [2.75, 3.05) is 25.5 Å². The number of piperidine rings is 1. The third-order valence-corrected chi connectivity index (χ3v) is 4.82. The van der Waals surface area contributed by atoms with E-state index in [2.05, 4.69) is 28.0 Å². The van der Waals surface area contributed by atoms with Gasteiger partial charge in [-0.3, -0.25) is 0 Å². The van der Waals surface area contributed by atoms with E-state index in [4.69, 9.17) is 4.74 Å². The van der Waals surface area contributed by atoms with Gasteiger partial charge < -0.3 is 19.5 Å². The molecule has 2 amide bonds. The molecular weight excluding hydrogens is 316 g/mol. The zero-order valence-corrected chi connectivity index (χ0v) is 14.9. The molecule has 134 valence electrons. The van der Waals surface area contributed by atoms with Gasteiger partial charge in [0.15, 0.2) is 0 Å². The molecule has 0 spiro atoms. The van der Waals surface area contributed by atoms with Crippen LogP contribution in [0.25, 0.3) is 0 Å². The monoisotopic (exact) mass is 342 g/mol. The summed E-state index contributed by atoms with van der Waals surface area (Å²) in [5, 5.41) is 2.96. The number of hydrogen-bond donors (Lipinski definition) is 1. The first-order valence-corrected chi connectivity index (χ1v) is 8.89.